The molecule has 2 heterocycles. The minimum absolute atomic E-state index is 0.269. The second-order valence-corrected chi connectivity index (χ2v) is 10.5. The monoisotopic (exact) mass is 408 g/mol. The molecule has 2 saturated heterocycles. The third-order valence-corrected chi connectivity index (χ3v) is 6.97. The smallest absolute Gasteiger partial charge is 0.407 e. The zero-order valence-electron chi connectivity index (χ0n) is 19.0. The Hall–Kier alpha value is -0.850. The number of hydrogen-bond donors (Lipinski definition) is 2. The van der Waals surface area contributed by atoms with Crippen LogP contribution in [-0.4, -0.2) is 71.8 Å². The second-order valence-electron chi connectivity index (χ2n) is 10.5. The zero-order valence-corrected chi connectivity index (χ0v) is 19.0. The van der Waals surface area contributed by atoms with Gasteiger partial charge in [-0.1, -0.05) is 0 Å². The molecule has 4 rings (SSSR count). The maximum Gasteiger partial charge on any atom is 0.407 e. The number of hydrogen-bond acceptors (Lipinski definition) is 5. The maximum atomic E-state index is 11.7. The van der Waals surface area contributed by atoms with Crippen LogP contribution in [0.2, 0.25) is 0 Å². The fraction of sp³-hybridized carbons (Fsp3) is 0.957. The molecule has 2 saturated carbocycles. The van der Waals surface area contributed by atoms with E-state index in [0.717, 1.165) is 24.9 Å². The first-order valence-electron chi connectivity index (χ1n) is 12.0. The molecule has 1 amide bonds. The van der Waals surface area contributed by atoms with Crippen LogP contribution in [0, 0.1) is 0 Å². The highest BCUT2D eigenvalue weighted by atomic mass is 16.6. The second kappa shape index (κ2) is 10.5. The summed E-state index contributed by atoms with van der Waals surface area (Å²) in [6.07, 6.45) is 12.3. The summed E-state index contributed by atoms with van der Waals surface area (Å²) in [5, 5.41) is 2.99. The Morgan fingerprint density at radius 3 is 1.66 bits per heavy atom. The van der Waals surface area contributed by atoms with Gasteiger partial charge < -0.3 is 25.6 Å². The van der Waals surface area contributed by atoms with Gasteiger partial charge in [0.2, 0.25) is 0 Å². The molecule has 0 atom stereocenters. The highest BCUT2D eigenvalue weighted by Gasteiger charge is 2.30. The predicted octanol–water partition coefficient (Wildman–Crippen LogP) is 3.49. The average molecular weight is 409 g/mol. The van der Waals surface area contributed by atoms with Crippen LogP contribution in [-0.2, 0) is 4.74 Å². The Morgan fingerprint density at radius 1 is 0.828 bits per heavy atom. The lowest BCUT2D eigenvalue weighted by Gasteiger charge is -2.42. The van der Waals surface area contributed by atoms with Gasteiger partial charge in [0.1, 0.15) is 5.60 Å². The van der Waals surface area contributed by atoms with E-state index >= 15 is 0 Å². The molecule has 0 spiro atoms. The van der Waals surface area contributed by atoms with Crippen LogP contribution < -0.4 is 11.1 Å². The molecule has 0 aromatic heterocycles. The first-order valence-corrected chi connectivity index (χ1v) is 12.0. The minimum atomic E-state index is -0.404. The van der Waals surface area contributed by atoms with Crippen LogP contribution in [0.15, 0.2) is 0 Å². The van der Waals surface area contributed by atoms with E-state index in [9.17, 15) is 4.79 Å². The molecule has 3 N–H and O–H groups in total. The summed E-state index contributed by atoms with van der Waals surface area (Å²) in [7, 11) is 0. The third-order valence-electron chi connectivity index (χ3n) is 6.97. The summed E-state index contributed by atoms with van der Waals surface area (Å²) in [5.74, 6) is 0. The SMILES string of the molecule is CC(C)(C)OC(=O)NC1CCC(N2CCC2)CC1.NC1CCC(N2CCC2)CC1. The van der Waals surface area contributed by atoms with Gasteiger partial charge in [-0.2, -0.15) is 0 Å². The fourth-order valence-corrected chi connectivity index (χ4v) is 4.94. The molecule has 29 heavy (non-hydrogen) atoms. The molecule has 0 unspecified atom stereocenters. The van der Waals surface area contributed by atoms with Crippen molar-refractivity contribution in [2.45, 2.75) is 115 Å². The number of ether oxygens (including phenoxy) is 1. The van der Waals surface area contributed by atoms with Gasteiger partial charge in [0.25, 0.3) is 0 Å². The van der Waals surface area contributed by atoms with E-state index in [-0.39, 0.29) is 6.09 Å². The summed E-state index contributed by atoms with van der Waals surface area (Å²) in [5.41, 5.74) is 5.43. The maximum absolute atomic E-state index is 11.7. The van der Waals surface area contributed by atoms with Gasteiger partial charge in [-0.15, -0.1) is 0 Å². The van der Waals surface area contributed by atoms with Crippen molar-refractivity contribution in [3.05, 3.63) is 0 Å². The average Bonchev–Trinajstić information content (AvgIpc) is 2.54. The first-order chi connectivity index (χ1) is 13.8. The lowest BCUT2D eigenvalue weighted by molar-refractivity contribution is 0.0452. The van der Waals surface area contributed by atoms with Gasteiger partial charge in [0.05, 0.1) is 0 Å². The number of carbonyl (C=O) groups excluding carboxylic acids is 1. The number of alkyl carbamates (subject to hydrolysis) is 1. The molecule has 0 aromatic carbocycles. The minimum Gasteiger partial charge on any atom is -0.444 e. The molecule has 168 valence electrons. The molecule has 6 nitrogen and oxygen atoms in total. The van der Waals surface area contributed by atoms with Gasteiger partial charge in [-0.3, -0.25) is 0 Å². The van der Waals surface area contributed by atoms with Crippen LogP contribution in [0.3, 0.4) is 0 Å². The molecule has 4 fully saturated rings. The van der Waals surface area contributed by atoms with Crippen molar-refractivity contribution in [2.75, 3.05) is 26.2 Å². The number of nitrogens with two attached hydrogens (primary N) is 1. The van der Waals surface area contributed by atoms with E-state index in [4.69, 9.17) is 10.5 Å². The largest absolute Gasteiger partial charge is 0.444 e. The van der Waals surface area contributed by atoms with E-state index in [0.29, 0.717) is 12.1 Å². The topological polar surface area (TPSA) is 70.8 Å². The summed E-state index contributed by atoms with van der Waals surface area (Å²) >= 11 is 0. The lowest BCUT2D eigenvalue weighted by Crippen LogP contribution is -2.49. The Kier molecular flexibility index (Phi) is 8.23. The zero-order chi connectivity index (χ0) is 20.9. The predicted molar refractivity (Wildman–Crippen MR) is 118 cm³/mol. The van der Waals surface area contributed by atoms with E-state index in [1.54, 1.807) is 0 Å². The molecule has 0 bridgehead atoms. The summed E-state index contributed by atoms with van der Waals surface area (Å²) in [4.78, 5) is 16.9. The summed E-state index contributed by atoms with van der Waals surface area (Å²) in [6, 6.07) is 2.46. The van der Waals surface area contributed by atoms with Crippen molar-refractivity contribution in [1.82, 2.24) is 15.1 Å². The van der Waals surface area contributed by atoms with Gasteiger partial charge in [-0.05, 0) is 111 Å². The van der Waals surface area contributed by atoms with Gasteiger partial charge in [0.15, 0.2) is 0 Å². The number of nitrogens with zero attached hydrogens (tertiary/aromatic N) is 2. The number of carbonyl (C=O) groups is 1. The molecule has 0 radical (unpaired) electrons. The third kappa shape index (κ3) is 7.41. The Balaban J connectivity index is 0.000000186. The van der Waals surface area contributed by atoms with Crippen molar-refractivity contribution < 1.29 is 9.53 Å². The summed E-state index contributed by atoms with van der Waals surface area (Å²) < 4.78 is 5.29. The van der Waals surface area contributed by atoms with Crippen molar-refractivity contribution >= 4 is 6.09 Å². The summed E-state index contributed by atoms with van der Waals surface area (Å²) in [6.45, 7) is 10.9. The highest BCUT2D eigenvalue weighted by Crippen LogP contribution is 2.27. The van der Waals surface area contributed by atoms with Crippen LogP contribution in [0.25, 0.3) is 0 Å². The van der Waals surface area contributed by atoms with Crippen molar-refractivity contribution in [3.63, 3.8) is 0 Å². The quantitative estimate of drug-likeness (QED) is 0.748. The van der Waals surface area contributed by atoms with Crippen molar-refractivity contribution in [3.8, 4) is 0 Å². The highest BCUT2D eigenvalue weighted by molar-refractivity contribution is 5.68. The van der Waals surface area contributed by atoms with Gasteiger partial charge in [0, 0.05) is 24.2 Å². The number of likely N-dealkylation sites (tertiary alicyclic amines) is 2. The molecule has 6 heteroatoms. The van der Waals surface area contributed by atoms with Crippen molar-refractivity contribution in [1.29, 1.82) is 0 Å². The molecule has 2 aliphatic heterocycles. The fourth-order valence-electron chi connectivity index (χ4n) is 4.94. The van der Waals surface area contributed by atoms with Crippen LogP contribution >= 0.6 is 0 Å². The van der Waals surface area contributed by atoms with Crippen LogP contribution in [0.5, 0.6) is 0 Å². The van der Waals surface area contributed by atoms with Crippen LogP contribution in [0.1, 0.15) is 85.0 Å². The molecular weight excluding hydrogens is 364 g/mol. The number of nitrogens with one attached hydrogen (secondary N) is 1. The Morgan fingerprint density at radius 2 is 1.28 bits per heavy atom. The molecule has 4 aliphatic rings. The standard InChI is InChI=1S/C14H26N2O2.C9H18N2/c1-14(2,3)18-13(17)15-11-5-7-12(8-6-11)16-9-4-10-16;10-8-2-4-9(5-3-8)11-6-1-7-11/h11-12H,4-10H2,1-3H3,(H,15,17);8-9H,1-7,10H2. The van der Waals surface area contributed by atoms with E-state index < -0.39 is 5.60 Å². The molecule has 0 aromatic rings. The first kappa shape index (κ1) is 22.8. The van der Waals surface area contributed by atoms with Gasteiger partial charge in [-0.25, -0.2) is 4.79 Å². The van der Waals surface area contributed by atoms with E-state index in [1.807, 2.05) is 20.8 Å². The Bertz CT molecular complexity index is 497. The van der Waals surface area contributed by atoms with Crippen LogP contribution in [0.4, 0.5) is 4.79 Å². The Labute approximate surface area is 177 Å². The molecule has 2 aliphatic carbocycles. The van der Waals surface area contributed by atoms with E-state index in [1.165, 1.54) is 77.5 Å². The molecular formula is C23H44N4O2. The lowest BCUT2D eigenvalue weighted by atomic mass is 9.89. The number of rotatable bonds is 3. The van der Waals surface area contributed by atoms with E-state index in [2.05, 4.69) is 15.1 Å². The normalized spacial score (nSPS) is 33.5. The van der Waals surface area contributed by atoms with Crippen molar-refractivity contribution in [2.24, 2.45) is 5.73 Å². The number of amides is 1. The van der Waals surface area contributed by atoms with Gasteiger partial charge >= 0.3 is 6.09 Å².